The van der Waals surface area contributed by atoms with E-state index in [1.165, 1.54) is 11.1 Å². The van der Waals surface area contributed by atoms with Gasteiger partial charge in [0.1, 0.15) is 11.3 Å². The van der Waals surface area contributed by atoms with Crippen LogP contribution in [0.4, 0.5) is 5.95 Å². The number of nitrogens with zero attached hydrogens (tertiary/aromatic N) is 6. The number of hydrazine groups is 2. The lowest BCUT2D eigenvalue weighted by atomic mass is 9.93. The molecule has 0 bridgehead atoms. The molecular weight excluding hydrogens is 571 g/mol. The number of benzene rings is 2. The normalized spacial score (nSPS) is 21.9. The third-order valence-corrected chi connectivity index (χ3v) is 8.96. The number of halogens is 2. The number of anilines is 1. The van der Waals surface area contributed by atoms with Crippen molar-refractivity contribution in [3.63, 3.8) is 0 Å². The van der Waals surface area contributed by atoms with Crippen LogP contribution >= 0.6 is 23.2 Å². The van der Waals surface area contributed by atoms with E-state index in [0.717, 1.165) is 72.5 Å². The van der Waals surface area contributed by atoms with Gasteiger partial charge in [0.25, 0.3) is 0 Å². The number of aromatic nitrogens is 4. The van der Waals surface area contributed by atoms with Gasteiger partial charge in [0.15, 0.2) is 5.65 Å². The van der Waals surface area contributed by atoms with Crippen LogP contribution in [0.15, 0.2) is 54.7 Å². The molecule has 2 N–H and O–H groups in total. The first-order valence-corrected chi connectivity index (χ1v) is 15.5. The number of nitrogens with one attached hydrogen (secondary N) is 2. The summed E-state index contributed by atoms with van der Waals surface area (Å²) in [4.78, 5) is 16.6. The number of ether oxygens (including phenoxy) is 1. The van der Waals surface area contributed by atoms with Crippen LogP contribution in [-0.2, 0) is 11.3 Å². The molecule has 2 aromatic carbocycles. The second-order valence-corrected chi connectivity index (χ2v) is 12.2. The third kappa shape index (κ3) is 6.27. The minimum Gasteiger partial charge on any atom is -0.376 e. The molecule has 0 saturated carbocycles. The van der Waals surface area contributed by atoms with Crippen molar-refractivity contribution in [1.29, 1.82) is 0 Å². The Morgan fingerprint density at radius 3 is 2.31 bits per heavy atom. The van der Waals surface area contributed by atoms with E-state index in [1.54, 1.807) is 6.20 Å². The summed E-state index contributed by atoms with van der Waals surface area (Å²) in [5, 5.41) is 3.72. The van der Waals surface area contributed by atoms with Gasteiger partial charge in [-0.15, -0.1) is 0 Å². The van der Waals surface area contributed by atoms with E-state index in [9.17, 15) is 0 Å². The average Bonchev–Trinajstić information content (AvgIpc) is 3.62. The molecule has 2 aliphatic rings. The molecule has 0 amide bonds. The van der Waals surface area contributed by atoms with Gasteiger partial charge in [-0.1, -0.05) is 54.4 Å². The quantitative estimate of drug-likeness (QED) is 0.223. The molecule has 2 saturated heterocycles. The standard InChI is InChI=1S/C31H38Cl2N8O/c1-4-26-18-41(38-37-31-34-16-28-30(36-31)39(21(3)35-28)19-27-6-5-15-42-27)20(2)17-40(26)29(22-7-11-24(32)12-8-22)23-9-13-25(33)14-10-23/h7-14,16,20,26-27,29,38H,4-6,15,17-19H2,1-3H3,(H,34,36,37)/t20-,26+,27-/m0/s1. The number of aryl methyl sites for hydroxylation is 1. The van der Waals surface area contributed by atoms with Gasteiger partial charge in [0.05, 0.1) is 24.9 Å². The van der Waals surface area contributed by atoms with E-state index in [-0.39, 0.29) is 18.2 Å². The molecule has 222 valence electrons. The number of piperazine rings is 1. The smallest absolute Gasteiger partial charge is 0.240 e. The van der Waals surface area contributed by atoms with Crippen molar-refractivity contribution in [2.45, 2.75) is 70.8 Å². The highest BCUT2D eigenvalue weighted by atomic mass is 35.5. The van der Waals surface area contributed by atoms with Crippen molar-refractivity contribution >= 4 is 40.3 Å². The largest absolute Gasteiger partial charge is 0.376 e. The molecule has 11 heteroatoms. The maximum Gasteiger partial charge on any atom is 0.240 e. The fourth-order valence-corrected chi connectivity index (χ4v) is 6.44. The molecule has 0 spiro atoms. The molecule has 0 aliphatic carbocycles. The van der Waals surface area contributed by atoms with Gasteiger partial charge in [-0.05, 0) is 68.5 Å². The summed E-state index contributed by atoms with van der Waals surface area (Å²) in [6.45, 7) is 9.75. The topological polar surface area (TPSA) is 83.4 Å². The second-order valence-electron chi connectivity index (χ2n) is 11.3. The van der Waals surface area contributed by atoms with Crippen LogP contribution in [0.5, 0.6) is 0 Å². The first-order valence-electron chi connectivity index (χ1n) is 14.8. The Balaban J connectivity index is 1.19. The molecule has 2 fully saturated rings. The lowest BCUT2D eigenvalue weighted by Gasteiger charge is -2.48. The zero-order valence-electron chi connectivity index (χ0n) is 24.3. The first kappa shape index (κ1) is 29.3. The highest BCUT2D eigenvalue weighted by Gasteiger charge is 2.36. The fourth-order valence-electron chi connectivity index (χ4n) is 6.19. The van der Waals surface area contributed by atoms with Crippen molar-refractivity contribution in [1.82, 2.24) is 35.0 Å². The molecule has 3 atom stereocenters. The Bertz CT molecular complexity index is 1440. The number of hydrogen-bond acceptors (Lipinski definition) is 8. The summed E-state index contributed by atoms with van der Waals surface area (Å²) in [5.41, 5.74) is 10.7. The fraction of sp³-hybridized carbons (Fsp3) is 0.452. The molecule has 4 heterocycles. The van der Waals surface area contributed by atoms with Crippen LogP contribution in [0, 0.1) is 6.92 Å². The summed E-state index contributed by atoms with van der Waals surface area (Å²) in [6.07, 6.45) is 5.15. The van der Waals surface area contributed by atoms with Crippen LogP contribution in [0.2, 0.25) is 10.0 Å². The Labute approximate surface area is 257 Å². The molecule has 0 unspecified atom stereocenters. The van der Waals surface area contributed by atoms with Crippen molar-refractivity contribution in [2.75, 3.05) is 25.1 Å². The highest BCUT2D eigenvalue weighted by molar-refractivity contribution is 6.30. The summed E-state index contributed by atoms with van der Waals surface area (Å²) in [6, 6.07) is 17.0. The second kappa shape index (κ2) is 12.8. The van der Waals surface area contributed by atoms with Crippen molar-refractivity contribution in [2.24, 2.45) is 0 Å². The van der Waals surface area contributed by atoms with Crippen LogP contribution in [0.3, 0.4) is 0 Å². The third-order valence-electron chi connectivity index (χ3n) is 8.46. The minimum absolute atomic E-state index is 0.0835. The lowest BCUT2D eigenvalue weighted by Crippen LogP contribution is -2.62. The summed E-state index contributed by atoms with van der Waals surface area (Å²) < 4.78 is 8.01. The lowest BCUT2D eigenvalue weighted by molar-refractivity contribution is -0.00876. The summed E-state index contributed by atoms with van der Waals surface area (Å²) >= 11 is 12.5. The van der Waals surface area contributed by atoms with Crippen LogP contribution in [-0.4, -0.2) is 67.3 Å². The molecule has 0 radical (unpaired) electrons. The number of imidazole rings is 1. The van der Waals surface area contributed by atoms with Gasteiger partial charge < -0.3 is 9.30 Å². The van der Waals surface area contributed by atoms with Crippen molar-refractivity contribution in [3.05, 3.63) is 81.7 Å². The predicted molar refractivity (Wildman–Crippen MR) is 167 cm³/mol. The van der Waals surface area contributed by atoms with Gasteiger partial charge >= 0.3 is 0 Å². The molecule has 42 heavy (non-hydrogen) atoms. The predicted octanol–water partition coefficient (Wildman–Crippen LogP) is 6.03. The number of fused-ring (bicyclic) bond motifs is 1. The Morgan fingerprint density at radius 1 is 1.00 bits per heavy atom. The molecule has 4 aromatic rings. The highest BCUT2D eigenvalue weighted by Crippen LogP contribution is 2.35. The zero-order chi connectivity index (χ0) is 29.2. The van der Waals surface area contributed by atoms with E-state index in [4.69, 9.17) is 32.9 Å². The first-order chi connectivity index (χ1) is 20.4. The number of rotatable bonds is 9. The van der Waals surface area contributed by atoms with Gasteiger partial charge in [-0.25, -0.2) is 15.0 Å². The Morgan fingerprint density at radius 2 is 1.69 bits per heavy atom. The maximum atomic E-state index is 6.26. The van der Waals surface area contributed by atoms with Gasteiger partial charge in [-0.3, -0.25) is 10.3 Å². The van der Waals surface area contributed by atoms with Crippen LogP contribution in [0.25, 0.3) is 11.2 Å². The Hall–Kier alpha value is -2.79. The maximum absolute atomic E-state index is 6.26. The molecular formula is C31H38Cl2N8O. The van der Waals surface area contributed by atoms with Gasteiger partial charge in [-0.2, -0.15) is 10.5 Å². The molecule has 9 nitrogen and oxygen atoms in total. The van der Waals surface area contributed by atoms with Gasteiger partial charge in [0.2, 0.25) is 5.95 Å². The molecule has 2 aromatic heterocycles. The van der Waals surface area contributed by atoms with E-state index in [2.05, 4.69) is 73.5 Å². The molecule has 6 rings (SSSR count). The van der Waals surface area contributed by atoms with Gasteiger partial charge in [0, 0.05) is 41.8 Å². The summed E-state index contributed by atoms with van der Waals surface area (Å²) in [5.74, 6) is 1.44. The molecule has 2 aliphatic heterocycles. The minimum atomic E-state index is 0.0835. The SMILES string of the molecule is CC[C@@H]1CN(NNc2ncc3nc(C)n(C[C@@H]4CCCO4)c3n2)[C@@H](C)CN1C(c1ccc(Cl)cc1)c1ccc(Cl)cc1. The average molecular weight is 610 g/mol. The zero-order valence-corrected chi connectivity index (χ0v) is 25.8. The summed E-state index contributed by atoms with van der Waals surface area (Å²) in [7, 11) is 0. The van der Waals surface area contributed by atoms with E-state index in [0.29, 0.717) is 12.0 Å². The van der Waals surface area contributed by atoms with E-state index < -0.39 is 0 Å². The Kier molecular flexibility index (Phi) is 8.95. The van der Waals surface area contributed by atoms with E-state index >= 15 is 0 Å². The number of hydrogen-bond donors (Lipinski definition) is 2. The monoisotopic (exact) mass is 608 g/mol. The van der Waals surface area contributed by atoms with Crippen molar-refractivity contribution < 1.29 is 4.74 Å². The van der Waals surface area contributed by atoms with E-state index in [1.807, 2.05) is 31.2 Å². The van der Waals surface area contributed by atoms with Crippen LogP contribution in [0.1, 0.15) is 56.1 Å². The van der Waals surface area contributed by atoms with Crippen LogP contribution < -0.4 is 11.0 Å². The van der Waals surface area contributed by atoms with Crippen molar-refractivity contribution in [3.8, 4) is 0 Å².